The summed E-state index contributed by atoms with van der Waals surface area (Å²) in [5, 5.41) is 0. The third-order valence-electron chi connectivity index (χ3n) is 15.9. The van der Waals surface area contributed by atoms with Crippen LogP contribution in [0.25, 0.3) is 0 Å². The second-order valence-corrected chi connectivity index (χ2v) is 23.8. The largest absolute Gasteiger partial charge is 0.462 e. The van der Waals surface area contributed by atoms with Crippen LogP contribution in [0.1, 0.15) is 393 Å². The molecule has 77 heavy (non-hydrogen) atoms. The van der Waals surface area contributed by atoms with Crippen molar-refractivity contribution in [2.45, 2.75) is 399 Å². The fraction of sp³-hybridized carbons (Fsp3) is 0.901. The maximum atomic E-state index is 13.0. The first-order chi connectivity index (χ1) is 38.0. The number of carbonyl (C=O) groups excluding carboxylic acids is 3. The molecule has 0 radical (unpaired) electrons. The molecule has 0 bridgehead atoms. The van der Waals surface area contributed by atoms with Gasteiger partial charge >= 0.3 is 17.9 Å². The number of hydrogen-bond acceptors (Lipinski definition) is 6. The molecule has 1 unspecified atom stereocenters. The average molecular weight is 1080 g/mol. The SMILES string of the molecule is CCCCCCCCCC/C=C\CCCCCCCCCCCC(=O)OCC(COC(=O)CCCCCCCCCCCCCCCCCCC)OC(=O)CCCCCCCCCCC/C=C\CCCCCCCCCC. The fourth-order valence-electron chi connectivity index (χ4n) is 10.7. The van der Waals surface area contributed by atoms with Crippen LogP contribution in [0.3, 0.4) is 0 Å². The fourth-order valence-corrected chi connectivity index (χ4v) is 10.7. The summed E-state index contributed by atoms with van der Waals surface area (Å²) >= 11 is 0. The van der Waals surface area contributed by atoms with Crippen molar-refractivity contribution >= 4 is 17.9 Å². The molecular formula is C71H134O6. The number of allylic oxidation sites excluding steroid dienone is 4. The highest BCUT2D eigenvalue weighted by atomic mass is 16.6. The van der Waals surface area contributed by atoms with Crippen LogP contribution < -0.4 is 0 Å². The van der Waals surface area contributed by atoms with E-state index < -0.39 is 6.10 Å². The first kappa shape index (κ1) is 74.9. The quantitative estimate of drug-likeness (QED) is 0.0261. The van der Waals surface area contributed by atoms with Crippen LogP contribution in [0.2, 0.25) is 0 Å². The van der Waals surface area contributed by atoms with Crippen molar-refractivity contribution in [2.75, 3.05) is 13.2 Å². The Morgan fingerprint density at radius 1 is 0.247 bits per heavy atom. The van der Waals surface area contributed by atoms with E-state index in [1.807, 2.05) is 0 Å². The second-order valence-electron chi connectivity index (χ2n) is 23.8. The van der Waals surface area contributed by atoms with Gasteiger partial charge in [-0.3, -0.25) is 14.4 Å². The number of carbonyl (C=O) groups is 3. The zero-order valence-corrected chi connectivity index (χ0v) is 52.3. The Labute approximate surface area is 481 Å². The van der Waals surface area contributed by atoms with Gasteiger partial charge in [-0.2, -0.15) is 0 Å². The van der Waals surface area contributed by atoms with Gasteiger partial charge in [0, 0.05) is 19.3 Å². The predicted molar refractivity (Wildman–Crippen MR) is 335 cm³/mol. The van der Waals surface area contributed by atoms with Crippen LogP contribution >= 0.6 is 0 Å². The van der Waals surface area contributed by atoms with E-state index in [0.29, 0.717) is 19.3 Å². The van der Waals surface area contributed by atoms with Gasteiger partial charge in [-0.1, -0.05) is 328 Å². The maximum absolute atomic E-state index is 13.0. The molecule has 6 nitrogen and oxygen atoms in total. The van der Waals surface area contributed by atoms with Crippen LogP contribution in [0, 0.1) is 0 Å². The highest BCUT2D eigenvalue weighted by Crippen LogP contribution is 2.18. The van der Waals surface area contributed by atoms with E-state index in [2.05, 4.69) is 45.1 Å². The molecule has 1 atom stereocenters. The highest BCUT2D eigenvalue weighted by Gasteiger charge is 2.19. The molecule has 0 aromatic heterocycles. The summed E-state index contributed by atoms with van der Waals surface area (Å²) in [4.78, 5) is 38.4. The normalized spacial score (nSPS) is 12.1. The van der Waals surface area contributed by atoms with Gasteiger partial charge in [0.2, 0.25) is 0 Å². The Morgan fingerprint density at radius 3 is 0.649 bits per heavy atom. The lowest BCUT2D eigenvalue weighted by molar-refractivity contribution is -0.167. The van der Waals surface area contributed by atoms with Crippen LogP contribution in [-0.2, 0) is 28.6 Å². The van der Waals surface area contributed by atoms with E-state index in [0.717, 1.165) is 57.8 Å². The predicted octanol–water partition coefficient (Wildman–Crippen LogP) is 23.8. The molecule has 0 aromatic rings. The number of esters is 3. The van der Waals surface area contributed by atoms with Crippen LogP contribution in [0.5, 0.6) is 0 Å². The summed E-state index contributed by atoms with van der Waals surface area (Å²) in [6.45, 7) is 6.72. The monoisotopic (exact) mass is 1080 g/mol. The van der Waals surface area contributed by atoms with Gasteiger partial charge in [-0.25, -0.2) is 0 Å². The standard InChI is InChI=1S/C71H134O6/c1-4-7-10-13-16-19-22-25-28-31-33-35-37-40-43-46-49-52-55-58-61-64-70(73)76-67-68(66-75-69(72)63-60-57-54-51-48-45-42-39-30-27-24-21-18-15-12-9-6-3)77-71(74)65-62-59-56-53-50-47-44-41-38-36-34-32-29-26-23-20-17-14-11-8-5-2/h31-34,68H,4-30,35-67H2,1-3H3/b33-31-,34-32-. The lowest BCUT2D eigenvalue weighted by Crippen LogP contribution is -2.30. The Bertz CT molecular complexity index is 1240. The minimum absolute atomic E-state index is 0.0670. The van der Waals surface area contributed by atoms with E-state index >= 15 is 0 Å². The average Bonchev–Trinajstić information content (AvgIpc) is 3.43. The minimum Gasteiger partial charge on any atom is -0.462 e. The maximum Gasteiger partial charge on any atom is 0.306 e. The van der Waals surface area contributed by atoms with Crippen molar-refractivity contribution in [3.8, 4) is 0 Å². The summed E-state index contributed by atoms with van der Waals surface area (Å²) in [7, 11) is 0. The van der Waals surface area contributed by atoms with Gasteiger partial charge in [-0.15, -0.1) is 0 Å². The Morgan fingerprint density at radius 2 is 0.429 bits per heavy atom. The number of hydrogen-bond donors (Lipinski definition) is 0. The minimum atomic E-state index is -0.771. The van der Waals surface area contributed by atoms with E-state index in [1.165, 1.54) is 295 Å². The molecule has 0 aromatic carbocycles. The molecule has 0 aliphatic rings. The molecule has 0 spiro atoms. The number of ether oxygens (including phenoxy) is 3. The number of rotatable bonds is 65. The second kappa shape index (κ2) is 66.4. The topological polar surface area (TPSA) is 78.9 Å². The van der Waals surface area contributed by atoms with Gasteiger partial charge in [0.05, 0.1) is 0 Å². The molecule has 0 N–H and O–H groups in total. The lowest BCUT2D eigenvalue weighted by atomic mass is 10.0. The Balaban J connectivity index is 4.31. The third kappa shape index (κ3) is 64.6. The summed E-state index contributed by atoms with van der Waals surface area (Å²) in [5.74, 6) is -0.839. The molecule has 0 aliphatic heterocycles. The zero-order valence-electron chi connectivity index (χ0n) is 52.3. The van der Waals surface area contributed by atoms with Gasteiger partial charge in [0.15, 0.2) is 6.10 Å². The molecule has 0 fully saturated rings. The van der Waals surface area contributed by atoms with Crippen molar-refractivity contribution in [1.82, 2.24) is 0 Å². The zero-order chi connectivity index (χ0) is 55.7. The van der Waals surface area contributed by atoms with E-state index in [9.17, 15) is 14.4 Å². The van der Waals surface area contributed by atoms with E-state index in [1.54, 1.807) is 0 Å². The number of unbranched alkanes of at least 4 members (excludes halogenated alkanes) is 50. The van der Waals surface area contributed by atoms with Crippen LogP contribution in [-0.4, -0.2) is 37.2 Å². The summed E-state index contributed by atoms with van der Waals surface area (Å²) in [6, 6.07) is 0. The summed E-state index contributed by atoms with van der Waals surface area (Å²) in [6.07, 6.45) is 80.5. The highest BCUT2D eigenvalue weighted by molar-refractivity contribution is 5.71. The van der Waals surface area contributed by atoms with Gasteiger partial charge in [0.1, 0.15) is 13.2 Å². The molecule has 0 heterocycles. The Hall–Kier alpha value is -2.11. The smallest absolute Gasteiger partial charge is 0.306 e. The summed E-state index contributed by atoms with van der Waals surface area (Å²) in [5.41, 5.74) is 0. The first-order valence-electron chi connectivity index (χ1n) is 34.8. The molecule has 454 valence electrons. The molecule has 0 saturated heterocycles. The molecule has 0 rings (SSSR count). The third-order valence-corrected chi connectivity index (χ3v) is 15.9. The van der Waals surface area contributed by atoms with Crippen molar-refractivity contribution in [3.63, 3.8) is 0 Å². The summed E-state index contributed by atoms with van der Waals surface area (Å²) < 4.78 is 17.0. The van der Waals surface area contributed by atoms with Gasteiger partial charge in [-0.05, 0) is 70.6 Å². The van der Waals surface area contributed by atoms with Crippen LogP contribution in [0.15, 0.2) is 24.3 Å². The Kier molecular flexibility index (Phi) is 64.6. The molecule has 0 saturated carbocycles. The molecule has 6 heteroatoms. The van der Waals surface area contributed by atoms with Crippen molar-refractivity contribution in [2.24, 2.45) is 0 Å². The molecule has 0 aliphatic carbocycles. The van der Waals surface area contributed by atoms with E-state index in [4.69, 9.17) is 14.2 Å². The van der Waals surface area contributed by atoms with Crippen LogP contribution in [0.4, 0.5) is 0 Å². The van der Waals surface area contributed by atoms with Crippen molar-refractivity contribution in [3.05, 3.63) is 24.3 Å². The van der Waals surface area contributed by atoms with Crippen molar-refractivity contribution in [1.29, 1.82) is 0 Å². The van der Waals surface area contributed by atoms with E-state index in [-0.39, 0.29) is 31.1 Å². The first-order valence-corrected chi connectivity index (χ1v) is 34.8. The van der Waals surface area contributed by atoms with Gasteiger partial charge in [0.25, 0.3) is 0 Å². The molecule has 0 amide bonds. The van der Waals surface area contributed by atoms with Gasteiger partial charge < -0.3 is 14.2 Å². The van der Waals surface area contributed by atoms with Crippen molar-refractivity contribution < 1.29 is 28.6 Å². The molecular weight excluding hydrogens is 949 g/mol. The lowest BCUT2D eigenvalue weighted by Gasteiger charge is -2.18.